The minimum atomic E-state index is -0.562. The standard InChI is InChI=1S/C19H17ClN4O4S/c1-11(2)23-18(26)13-8-7-12(20)9-15(13)22-19(23)29-10-17(25)21-14-5-3-4-6-16(14)24(27)28/h3-9,11H,10H2,1-2H3,(H,21,25). The number of anilines is 1. The molecule has 0 fully saturated rings. The maximum atomic E-state index is 12.8. The zero-order chi connectivity index (χ0) is 21.1. The molecule has 0 aliphatic heterocycles. The summed E-state index contributed by atoms with van der Waals surface area (Å²) in [5.41, 5.74) is 0.148. The molecule has 3 rings (SSSR count). The number of nitro benzene ring substituents is 1. The molecule has 8 nitrogen and oxygen atoms in total. The van der Waals surface area contributed by atoms with Crippen molar-refractivity contribution in [2.45, 2.75) is 25.0 Å². The van der Waals surface area contributed by atoms with Gasteiger partial charge in [0, 0.05) is 17.1 Å². The molecule has 0 bridgehead atoms. The van der Waals surface area contributed by atoms with E-state index in [9.17, 15) is 19.7 Å². The van der Waals surface area contributed by atoms with Crippen molar-refractivity contribution >= 4 is 51.5 Å². The van der Waals surface area contributed by atoms with Crippen LogP contribution in [0.2, 0.25) is 5.02 Å². The van der Waals surface area contributed by atoms with E-state index in [1.807, 2.05) is 13.8 Å². The average Bonchev–Trinajstić information content (AvgIpc) is 2.66. The molecule has 150 valence electrons. The van der Waals surface area contributed by atoms with E-state index in [4.69, 9.17) is 11.6 Å². The molecule has 0 saturated heterocycles. The van der Waals surface area contributed by atoms with Crippen LogP contribution in [-0.4, -0.2) is 26.1 Å². The van der Waals surface area contributed by atoms with Crippen molar-refractivity contribution in [1.82, 2.24) is 9.55 Å². The second-order valence-corrected chi connectivity index (χ2v) is 7.81. The zero-order valence-corrected chi connectivity index (χ0v) is 17.2. The molecule has 10 heteroatoms. The molecule has 3 aromatic rings. The predicted octanol–water partition coefficient (Wildman–Crippen LogP) is 4.27. The van der Waals surface area contributed by atoms with Gasteiger partial charge in [0.1, 0.15) is 5.69 Å². The van der Waals surface area contributed by atoms with E-state index in [-0.39, 0.29) is 28.7 Å². The van der Waals surface area contributed by atoms with Gasteiger partial charge in [-0.1, -0.05) is 35.5 Å². The smallest absolute Gasteiger partial charge is 0.292 e. The summed E-state index contributed by atoms with van der Waals surface area (Å²) in [6.45, 7) is 3.70. The second kappa shape index (κ2) is 8.62. The fraction of sp³-hybridized carbons (Fsp3) is 0.211. The highest BCUT2D eigenvalue weighted by Gasteiger charge is 2.18. The number of aromatic nitrogens is 2. The maximum absolute atomic E-state index is 12.8. The highest BCUT2D eigenvalue weighted by atomic mass is 35.5. The molecule has 0 atom stereocenters. The number of nitrogens with zero attached hydrogens (tertiary/aromatic N) is 3. The molecule has 2 aromatic carbocycles. The number of hydrogen-bond donors (Lipinski definition) is 1. The summed E-state index contributed by atoms with van der Waals surface area (Å²) in [6, 6.07) is 10.6. The Morgan fingerprint density at radius 2 is 2.03 bits per heavy atom. The largest absolute Gasteiger partial charge is 0.320 e. The Kier molecular flexibility index (Phi) is 6.19. The molecular formula is C19H17ClN4O4S. The van der Waals surface area contributed by atoms with Gasteiger partial charge in [-0.05, 0) is 38.1 Å². The number of hydrogen-bond acceptors (Lipinski definition) is 6. The van der Waals surface area contributed by atoms with E-state index < -0.39 is 10.8 Å². The maximum Gasteiger partial charge on any atom is 0.292 e. The molecule has 0 spiro atoms. The first kappa shape index (κ1) is 20.8. The summed E-state index contributed by atoms with van der Waals surface area (Å²) in [4.78, 5) is 40.2. The van der Waals surface area contributed by atoms with Gasteiger partial charge in [-0.3, -0.25) is 24.3 Å². The van der Waals surface area contributed by atoms with Crippen LogP contribution in [0, 0.1) is 10.1 Å². The fourth-order valence-electron chi connectivity index (χ4n) is 2.76. The molecule has 0 aliphatic rings. The number of fused-ring (bicyclic) bond motifs is 1. The van der Waals surface area contributed by atoms with Gasteiger partial charge in [-0.25, -0.2) is 4.98 Å². The van der Waals surface area contributed by atoms with Crippen molar-refractivity contribution in [1.29, 1.82) is 0 Å². The number of carbonyl (C=O) groups is 1. The summed E-state index contributed by atoms with van der Waals surface area (Å²) in [6.07, 6.45) is 0. The molecule has 0 saturated carbocycles. The van der Waals surface area contributed by atoms with Gasteiger partial charge in [0.05, 0.1) is 21.6 Å². The third kappa shape index (κ3) is 4.57. The summed E-state index contributed by atoms with van der Waals surface area (Å²) < 4.78 is 1.51. The van der Waals surface area contributed by atoms with E-state index >= 15 is 0 Å². The van der Waals surface area contributed by atoms with Crippen molar-refractivity contribution in [2.24, 2.45) is 0 Å². The third-order valence-electron chi connectivity index (χ3n) is 4.05. The Morgan fingerprint density at radius 3 is 2.72 bits per heavy atom. The lowest BCUT2D eigenvalue weighted by molar-refractivity contribution is -0.383. The monoisotopic (exact) mass is 432 g/mol. The first-order chi connectivity index (χ1) is 13.8. The summed E-state index contributed by atoms with van der Waals surface area (Å²) in [5.74, 6) is -0.517. The van der Waals surface area contributed by atoms with E-state index in [1.54, 1.807) is 24.3 Å². The van der Waals surface area contributed by atoms with Crippen LogP contribution >= 0.6 is 23.4 Å². The number of thioether (sulfide) groups is 1. The second-order valence-electron chi connectivity index (χ2n) is 6.44. The van der Waals surface area contributed by atoms with Crippen LogP contribution in [-0.2, 0) is 4.79 Å². The van der Waals surface area contributed by atoms with Crippen LogP contribution in [0.4, 0.5) is 11.4 Å². The minimum Gasteiger partial charge on any atom is -0.320 e. The third-order valence-corrected chi connectivity index (χ3v) is 5.24. The van der Waals surface area contributed by atoms with Gasteiger partial charge in [-0.2, -0.15) is 0 Å². The Hall–Kier alpha value is -2.91. The number of halogens is 1. The topological polar surface area (TPSA) is 107 Å². The number of benzene rings is 2. The highest BCUT2D eigenvalue weighted by Crippen LogP contribution is 2.25. The number of carbonyl (C=O) groups excluding carboxylic acids is 1. The molecule has 1 aromatic heterocycles. The fourth-order valence-corrected chi connectivity index (χ4v) is 3.86. The van der Waals surface area contributed by atoms with E-state index in [2.05, 4.69) is 10.3 Å². The van der Waals surface area contributed by atoms with Crippen LogP contribution in [0.3, 0.4) is 0 Å². The van der Waals surface area contributed by atoms with Crippen molar-refractivity contribution < 1.29 is 9.72 Å². The molecule has 1 amide bonds. The van der Waals surface area contributed by atoms with Gasteiger partial charge in [0.2, 0.25) is 5.91 Å². The van der Waals surface area contributed by atoms with Crippen molar-refractivity contribution in [2.75, 3.05) is 11.1 Å². The lowest BCUT2D eigenvalue weighted by Crippen LogP contribution is -2.25. The molecule has 0 unspecified atom stereocenters. The Labute approximate surface area is 175 Å². The van der Waals surface area contributed by atoms with Crippen LogP contribution in [0.5, 0.6) is 0 Å². The Morgan fingerprint density at radius 1 is 1.31 bits per heavy atom. The number of amides is 1. The molecule has 0 radical (unpaired) electrons. The van der Waals surface area contributed by atoms with Crippen molar-refractivity contribution in [3.63, 3.8) is 0 Å². The molecule has 1 N–H and O–H groups in total. The van der Waals surface area contributed by atoms with Gasteiger partial charge >= 0.3 is 0 Å². The number of para-hydroxylation sites is 2. The van der Waals surface area contributed by atoms with Gasteiger partial charge < -0.3 is 5.32 Å². The number of rotatable bonds is 6. The molecule has 0 aliphatic carbocycles. The van der Waals surface area contributed by atoms with Crippen LogP contribution in [0.1, 0.15) is 19.9 Å². The van der Waals surface area contributed by atoms with Crippen molar-refractivity contribution in [3.8, 4) is 0 Å². The van der Waals surface area contributed by atoms with Crippen LogP contribution < -0.4 is 10.9 Å². The van der Waals surface area contributed by atoms with E-state index in [0.717, 1.165) is 11.8 Å². The molecular weight excluding hydrogens is 416 g/mol. The lowest BCUT2D eigenvalue weighted by Gasteiger charge is -2.16. The summed E-state index contributed by atoms with van der Waals surface area (Å²) in [7, 11) is 0. The van der Waals surface area contributed by atoms with Crippen LogP contribution in [0.25, 0.3) is 10.9 Å². The SMILES string of the molecule is CC(C)n1c(SCC(=O)Nc2ccccc2[N+](=O)[O-])nc2cc(Cl)ccc2c1=O. The lowest BCUT2D eigenvalue weighted by atomic mass is 10.2. The molecule has 1 heterocycles. The normalized spacial score (nSPS) is 11.0. The first-order valence-corrected chi connectivity index (χ1v) is 10.0. The predicted molar refractivity (Wildman–Crippen MR) is 114 cm³/mol. The van der Waals surface area contributed by atoms with Crippen molar-refractivity contribution in [3.05, 3.63) is 68.0 Å². The average molecular weight is 433 g/mol. The molecule has 29 heavy (non-hydrogen) atoms. The Balaban J connectivity index is 1.86. The highest BCUT2D eigenvalue weighted by molar-refractivity contribution is 7.99. The summed E-state index contributed by atoms with van der Waals surface area (Å²) >= 11 is 7.09. The van der Waals surface area contributed by atoms with E-state index in [1.165, 1.54) is 22.8 Å². The zero-order valence-electron chi connectivity index (χ0n) is 15.6. The van der Waals surface area contributed by atoms with E-state index in [0.29, 0.717) is 21.1 Å². The first-order valence-electron chi connectivity index (χ1n) is 8.66. The van der Waals surface area contributed by atoms with Gasteiger partial charge in [0.25, 0.3) is 11.2 Å². The number of nitro groups is 1. The number of nitrogens with one attached hydrogen (secondary N) is 1. The van der Waals surface area contributed by atoms with Gasteiger partial charge in [-0.15, -0.1) is 0 Å². The quantitative estimate of drug-likeness (QED) is 0.270. The minimum absolute atomic E-state index is 0.0721. The van der Waals surface area contributed by atoms with Gasteiger partial charge in [0.15, 0.2) is 5.16 Å². The summed E-state index contributed by atoms with van der Waals surface area (Å²) in [5, 5.41) is 14.9. The van der Waals surface area contributed by atoms with Crippen LogP contribution in [0.15, 0.2) is 52.4 Å². The Bertz CT molecular complexity index is 1160.